The van der Waals surface area contributed by atoms with Crippen molar-refractivity contribution in [3.8, 4) is 28.1 Å². The summed E-state index contributed by atoms with van der Waals surface area (Å²) in [7, 11) is 1.77. The lowest BCUT2D eigenvalue weighted by atomic mass is 10.0. The van der Waals surface area contributed by atoms with Crippen LogP contribution in [0.1, 0.15) is 26.4 Å². The van der Waals surface area contributed by atoms with Crippen molar-refractivity contribution in [3.63, 3.8) is 0 Å². The fraction of sp³-hybridized carbons (Fsp3) is 0.0500. The zero-order chi connectivity index (χ0) is 33.2. The molecule has 0 saturated heterocycles. The molecule has 0 aliphatic carbocycles. The molecule has 8 nitrogen and oxygen atoms in total. The Morgan fingerprint density at radius 2 is 1.29 bits per heavy atom. The summed E-state index contributed by atoms with van der Waals surface area (Å²) in [5.74, 6) is -0.800. The summed E-state index contributed by atoms with van der Waals surface area (Å²) in [4.78, 5) is 45.4. The van der Waals surface area contributed by atoms with Gasteiger partial charge in [-0.25, -0.2) is 9.67 Å². The van der Waals surface area contributed by atoms with Gasteiger partial charge >= 0.3 is 0 Å². The molecule has 8 heteroatoms. The predicted molar refractivity (Wildman–Crippen MR) is 191 cm³/mol. The molecule has 2 N–H and O–H groups in total. The second-order valence-electron chi connectivity index (χ2n) is 11.4. The van der Waals surface area contributed by atoms with Gasteiger partial charge in [0.25, 0.3) is 17.4 Å². The number of nitrogens with one attached hydrogen (secondary N) is 2. The highest BCUT2D eigenvalue weighted by atomic mass is 16.2. The molecule has 48 heavy (non-hydrogen) atoms. The number of anilines is 2. The van der Waals surface area contributed by atoms with E-state index in [1.54, 1.807) is 49.0 Å². The van der Waals surface area contributed by atoms with E-state index in [-0.39, 0.29) is 17.2 Å². The molecule has 0 radical (unpaired) electrons. The Morgan fingerprint density at radius 1 is 0.646 bits per heavy atom. The van der Waals surface area contributed by atoms with Crippen LogP contribution in [0, 0.1) is 6.92 Å². The number of rotatable bonds is 7. The summed E-state index contributed by atoms with van der Waals surface area (Å²) in [6, 6.07) is 43.4. The van der Waals surface area contributed by atoms with Crippen LogP contribution < -0.4 is 16.2 Å². The van der Waals surface area contributed by atoms with Gasteiger partial charge < -0.3 is 10.6 Å². The van der Waals surface area contributed by atoms with Crippen molar-refractivity contribution in [2.24, 2.45) is 7.05 Å². The van der Waals surface area contributed by atoms with Gasteiger partial charge in [-0.3, -0.25) is 19.1 Å². The van der Waals surface area contributed by atoms with Gasteiger partial charge in [0.2, 0.25) is 0 Å². The van der Waals surface area contributed by atoms with E-state index in [9.17, 15) is 14.4 Å². The maximum absolute atomic E-state index is 13.8. The second kappa shape index (κ2) is 12.7. The Kier molecular flexibility index (Phi) is 7.97. The Balaban J connectivity index is 1.15. The third-order valence-electron chi connectivity index (χ3n) is 8.42. The number of fused-ring (bicyclic) bond motifs is 1. The van der Waals surface area contributed by atoms with E-state index < -0.39 is 5.91 Å². The first kappa shape index (κ1) is 30.1. The van der Waals surface area contributed by atoms with Crippen molar-refractivity contribution in [2.45, 2.75) is 6.92 Å². The Bertz CT molecular complexity index is 2360. The Morgan fingerprint density at radius 3 is 2.04 bits per heavy atom. The van der Waals surface area contributed by atoms with Gasteiger partial charge in [-0.1, -0.05) is 97.1 Å². The Labute approximate surface area is 276 Å². The molecule has 2 aromatic heterocycles. The largest absolute Gasteiger partial charge is 0.322 e. The summed E-state index contributed by atoms with van der Waals surface area (Å²) >= 11 is 0. The highest BCUT2D eigenvalue weighted by Crippen LogP contribution is 2.28. The number of hydrogen-bond donors (Lipinski definition) is 2. The maximum atomic E-state index is 13.8. The number of para-hydroxylation sites is 2. The zero-order valence-corrected chi connectivity index (χ0v) is 26.3. The number of hydrogen-bond acceptors (Lipinski definition) is 4. The van der Waals surface area contributed by atoms with Gasteiger partial charge in [-0.15, -0.1) is 0 Å². The number of amides is 2. The van der Waals surface area contributed by atoms with Crippen LogP contribution in [0.3, 0.4) is 0 Å². The molecule has 2 amide bonds. The minimum atomic E-state index is -0.465. The van der Waals surface area contributed by atoms with E-state index in [0.29, 0.717) is 44.8 Å². The first-order chi connectivity index (χ1) is 23.4. The topological polar surface area (TPSA) is 98.0 Å². The number of carbonyl (C=O) groups is 2. The summed E-state index contributed by atoms with van der Waals surface area (Å²) in [5, 5.41) is 6.46. The molecule has 0 spiro atoms. The van der Waals surface area contributed by atoms with E-state index in [2.05, 4.69) is 22.8 Å². The predicted octanol–water partition coefficient (Wildman–Crippen LogP) is 7.87. The lowest BCUT2D eigenvalue weighted by Crippen LogP contribution is -2.23. The maximum Gasteiger partial charge on any atom is 0.295 e. The van der Waals surface area contributed by atoms with Crippen LogP contribution in [0.15, 0.2) is 144 Å². The van der Waals surface area contributed by atoms with Crippen LogP contribution in [0.25, 0.3) is 39.0 Å². The highest BCUT2D eigenvalue weighted by molar-refractivity contribution is 6.13. The highest BCUT2D eigenvalue weighted by Gasteiger charge is 2.20. The molecule has 7 rings (SSSR count). The normalized spacial score (nSPS) is 11.0. The molecule has 0 atom stereocenters. The van der Waals surface area contributed by atoms with Gasteiger partial charge in [-0.2, -0.15) is 0 Å². The molecule has 0 bridgehead atoms. The van der Waals surface area contributed by atoms with Crippen LogP contribution in [0.5, 0.6) is 0 Å². The first-order valence-electron chi connectivity index (χ1n) is 15.5. The van der Waals surface area contributed by atoms with Crippen molar-refractivity contribution < 1.29 is 9.59 Å². The zero-order valence-electron chi connectivity index (χ0n) is 26.3. The molecule has 0 unspecified atom stereocenters. The van der Waals surface area contributed by atoms with Gasteiger partial charge in [-0.05, 0) is 60.5 Å². The molecule has 234 valence electrons. The van der Waals surface area contributed by atoms with E-state index in [1.807, 2.05) is 97.1 Å². The summed E-state index contributed by atoms with van der Waals surface area (Å²) < 4.78 is 3.21. The lowest BCUT2D eigenvalue weighted by Gasteiger charge is -2.12. The third-order valence-corrected chi connectivity index (χ3v) is 8.42. The number of aromatic nitrogens is 3. The van der Waals surface area contributed by atoms with Crippen LogP contribution in [-0.2, 0) is 7.05 Å². The molecule has 0 aliphatic heterocycles. The standard InChI is InChI=1S/C40H31N5O3/c1-26-37(40(48)45(44(26)2)32-16-7-4-8-17-32)43-38(46)30-14-11-15-31(24-30)41-39(47)34-25-36(42-35-19-10-9-18-33(34)35)29-22-20-28(21-23-29)27-12-5-3-6-13-27/h3-25H,1-2H3,(H,41,47)(H,43,46). The van der Waals surface area contributed by atoms with Crippen LogP contribution in [0.4, 0.5) is 11.4 Å². The van der Waals surface area contributed by atoms with E-state index >= 15 is 0 Å². The molecular weight excluding hydrogens is 598 g/mol. The molecule has 5 aromatic carbocycles. The average Bonchev–Trinajstić information content (AvgIpc) is 3.34. The lowest BCUT2D eigenvalue weighted by molar-refractivity contribution is 0.101. The molecule has 7 aromatic rings. The number of benzene rings is 5. The molecular formula is C40H31N5O3. The number of nitrogens with zero attached hydrogens (tertiary/aromatic N) is 3. The smallest absolute Gasteiger partial charge is 0.295 e. The minimum Gasteiger partial charge on any atom is -0.322 e. The quantitative estimate of drug-likeness (QED) is 0.188. The second-order valence-corrected chi connectivity index (χ2v) is 11.4. The third kappa shape index (κ3) is 5.78. The first-order valence-corrected chi connectivity index (χ1v) is 15.5. The summed E-state index contributed by atoms with van der Waals surface area (Å²) in [6.45, 7) is 1.78. The van der Waals surface area contributed by atoms with Crippen molar-refractivity contribution in [1.82, 2.24) is 14.3 Å². The van der Waals surface area contributed by atoms with E-state index in [0.717, 1.165) is 16.7 Å². The van der Waals surface area contributed by atoms with Crippen LogP contribution in [-0.4, -0.2) is 26.2 Å². The van der Waals surface area contributed by atoms with Crippen molar-refractivity contribution >= 4 is 34.1 Å². The van der Waals surface area contributed by atoms with Gasteiger partial charge in [0.05, 0.1) is 28.2 Å². The van der Waals surface area contributed by atoms with Crippen LogP contribution >= 0.6 is 0 Å². The number of pyridine rings is 1. The fourth-order valence-corrected chi connectivity index (χ4v) is 5.81. The Hall–Kier alpha value is -6.54. The van der Waals surface area contributed by atoms with Gasteiger partial charge in [0, 0.05) is 29.2 Å². The monoisotopic (exact) mass is 629 g/mol. The van der Waals surface area contributed by atoms with Gasteiger partial charge in [0.15, 0.2) is 0 Å². The summed E-state index contributed by atoms with van der Waals surface area (Å²) in [6.07, 6.45) is 0. The van der Waals surface area contributed by atoms with Crippen molar-refractivity contribution in [3.05, 3.63) is 167 Å². The fourth-order valence-electron chi connectivity index (χ4n) is 5.81. The van der Waals surface area contributed by atoms with Crippen molar-refractivity contribution in [1.29, 1.82) is 0 Å². The van der Waals surface area contributed by atoms with Crippen LogP contribution in [0.2, 0.25) is 0 Å². The molecule has 0 saturated carbocycles. The van der Waals surface area contributed by atoms with Gasteiger partial charge in [0.1, 0.15) is 5.69 Å². The SMILES string of the molecule is Cc1c(NC(=O)c2cccc(NC(=O)c3cc(-c4ccc(-c5ccccc5)cc4)nc4ccccc34)c2)c(=O)n(-c2ccccc2)n1C. The molecule has 2 heterocycles. The minimum absolute atomic E-state index is 0.188. The summed E-state index contributed by atoms with van der Waals surface area (Å²) in [5.41, 5.74) is 6.80. The van der Waals surface area contributed by atoms with E-state index in [4.69, 9.17) is 4.98 Å². The molecule has 0 aliphatic rings. The van der Waals surface area contributed by atoms with Crippen molar-refractivity contribution in [2.75, 3.05) is 10.6 Å². The molecule has 0 fully saturated rings. The van der Waals surface area contributed by atoms with E-state index in [1.165, 1.54) is 4.68 Å². The average molecular weight is 630 g/mol. The number of carbonyl (C=O) groups excluding carboxylic acids is 2.